The number of β-amino-alcohol motifs (C(OH)–C–C–N with tert-alkyl or cyclic N) is 1. The number of aliphatic hydroxyl groups is 1. The van der Waals surface area contributed by atoms with Crippen molar-refractivity contribution in [2.75, 3.05) is 32.7 Å². The highest BCUT2D eigenvalue weighted by Gasteiger charge is 2.27. The van der Waals surface area contributed by atoms with E-state index in [2.05, 4.69) is 23.6 Å². The van der Waals surface area contributed by atoms with Crippen LogP contribution in [0.15, 0.2) is 0 Å². The molecule has 1 atom stereocenters. The summed E-state index contributed by atoms with van der Waals surface area (Å²) in [5, 5.41) is 10.4. The van der Waals surface area contributed by atoms with Gasteiger partial charge in [-0.25, -0.2) is 0 Å². The Balaban J connectivity index is 1.71. The summed E-state index contributed by atoms with van der Waals surface area (Å²) in [6.45, 7) is 10.2. The van der Waals surface area contributed by atoms with E-state index < -0.39 is 0 Å². The van der Waals surface area contributed by atoms with Gasteiger partial charge in [0.15, 0.2) is 0 Å². The highest BCUT2D eigenvalue weighted by atomic mass is 16.3. The van der Waals surface area contributed by atoms with Gasteiger partial charge in [0, 0.05) is 12.6 Å². The molecule has 0 bridgehead atoms. The average molecular weight is 254 g/mol. The maximum atomic E-state index is 10.4. The molecule has 2 saturated heterocycles. The first kappa shape index (κ1) is 14.3. The van der Waals surface area contributed by atoms with Crippen molar-refractivity contribution in [2.24, 2.45) is 5.92 Å². The van der Waals surface area contributed by atoms with E-state index in [1.165, 1.54) is 58.3 Å². The number of aliphatic hydroxyl groups excluding tert-OH is 1. The molecule has 2 rings (SSSR count). The lowest BCUT2D eigenvalue weighted by Gasteiger charge is -2.38. The number of likely N-dealkylation sites (tertiary alicyclic amines) is 2. The van der Waals surface area contributed by atoms with Gasteiger partial charge >= 0.3 is 0 Å². The molecule has 1 N–H and O–H groups in total. The first-order chi connectivity index (χ1) is 8.66. The van der Waals surface area contributed by atoms with Gasteiger partial charge in [0.25, 0.3) is 0 Å². The number of piperidine rings is 2. The van der Waals surface area contributed by atoms with Crippen molar-refractivity contribution in [1.82, 2.24) is 9.80 Å². The molecular formula is C15H30N2O. The van der Waals surface area contributed by atoms with Crippen molar-refractivity contribution in [3.8, 4) is 0 Å². The first-order valence-electron chi connectivity index (χ1n) is 7.81. The summed E-state index contributed by atoms with van der Waals surface area (Å²) in [4.78, 5) is 4.99. The van der Waals surface area contributed by atoms with Crippen molar-refractivity contribution in [1.29, 1.82) is 0 Å². The Morgan fingerprint density at radius 2 is 1.61 bits per heavy atom. The van der Waals surface area contributed by atoms with Gasteiger partial charge in [0.05, 0.1) is 6.10 Å². The van der Waals surface area contributed by atoms with Gasteiger partial charge < -0.3 is 14.9 Å². The zero-order valence-corrected chi connectivity index (χ0v) is 12.1. The highest BCUT2D eigenvalue weighted by Crippen LogP contribution is 2.23. The van der Waals surface area contributed by atoms with Crippen LogP contribution < -0.4 is 0 Å². The molecule has 0 amide bonds. The van der Waals surface area contributed by atoms with Crippen molar-refractivity contribution in [2.45, 2.75) is 58.1 Å². The number of rotatable bonds is 4. The van der Waals surface area contributed by atoms with Gasteiger partial charge in [-0.2, -0.15) is 0 Å². The van der Waals surface area contributed by atoms with Crippen LogP contribution in [-0.2, 0) is 0 Å². The van der Waals surface area contributed by atoms with Crippen LogP contribution in [0.3, 0.4) is 0 Å². The van der Waals surface area contributed by atoms with Gasteiger partial charge in [-0.1, -0.05) is 6.42 Å². The molecule has 0 aromatic heterocycles. The first-order valence-corrected chi connectivity index (χ1v) is 7.81. The summed E-state index contributed by atoms with van der Waals surface area (Å²) in [5.41, 5.74) is 0. The lowest BCUT2D eigenvalue weighted by Crippen LogP contribution is -2.45. The Morgan fingerprint density at radius 3 is 2.17 bits per heavy atom. The molecule has 3 heteroatoms. The van der Waals surface area contributed by atoms with Crippen LogP contribution in [0.1, 0.15) is 46.0 Å². The van der Waals surface area contributed by atoms with Gasteiger partial charge in [-0.05, 0) is 71.6 Å². The molecule has 0 spiro atoms. The van der Waals surface area contributed by atoms with E-state index in [9.17, 15) is 5.11 Å². The van der Waals surface area contributed by atoms with Crippen molar-refractivity contribution < 1.29 is 5.11 Å². The molecule has 2 aliphatic rings. The maximum absolute atomic E-state index is 10.4. The summed E-state index contributed by atoms with van der Waals surface area (Å²) in [6.07, 6.45) is 6.26. The predicted octanol–water partition coefficient (Wildman–Crippen LogP) is 1.95. The fourth-order valence-electron chi connectivity index (χ4n) is 3.38. The van der Waals surface area contributed by atoms with E-state index in [4.69, 9.17) is 0 Å². The minimum absolute atomic E-state index is 0.0996. The average Bonchev–Trinajstić information content (AvgIpc) is 2.40. The summed E-state index contributed by atoms with van der Waals surface area (Å²) >= 11 is 0. The van der Waals surface area contributed by atoms with E-state index in [0.29, 0.717) is 12.0 Å². The fourth-order valence-corrected chi connectivity index (χ4v) is 3.38. The molecule has 1 unspecified atom stereocenters. The van der Waals surface area contributed by atoms with Crippen molar-refractivity contribution in [3.63, 3.8) is 0 Å². The topological polar surface area (TPSA) is 26.7 Å². The number of hydrogen-bond donors (Lipinski definition) is 1. The minimum Gasteiger partial charge on any atom is -0.392 e. The van der Waals surface area contributed by atoms with Crippen LogP contribution in [0.25, 0.3) is 0 Å². The Hall–Kier alpha value is -0.120. The lowest BCUT2D eigenvalue weighted by atomic mass is 9.90. The Bertz CT molecular complexity index is 231. The normalized spacial score (nSPS) is 26.7. The largest absolute Gasteiger partial charge is 0.392 e. The zero-order chi connectivity index (χ0) is 13.0. The molecule has 2 heterocycles. The van der Waals surface area contributed by atoms with Crippen LogP contribution in [0, 0.1) is 5.92 Å². The van der Waals surface area contributed by atoms with E-state index in [1.807, 2.05) is 0 Å². The number of nitrogens with zero attached hydrogens (tertiary/aromatic N) is 2. The SMILES string of the molecule is CC(C)N1CCC(C(O)CN2CCCCC2)CC1. The molecular weight excluding hydrogens is 224 g/mol. The molecule has 3 nitrogen and oxygen atoms in total. The van der Waals surface area contributed by atoms with E-state index in [-0.39, 0.29) is 6.10 Å². The maximum Gasteiger partial charge on any atom is 0.0696 e. The van der Waals surface area contributed by atoms with Crippen LogP contribution in [0.5, 0.6) is 0 Å². The predicted molar refractivity (Wildman–Crippen MR) is 75.7 cm³/mol. The minimum atomic E-state index is -0.0996. The second-order valence-corrected chi connectivity index (χ2v) is 6.40. The molecule has 18 heavy (non-hydrogen) atoms. The summed E-state index contributed by atoms with van der Waals surface area (Å²) in [7, 11) is 0. The Morgan fingerprint density at radius 1 is 1.00 bits per heavy atom. The molecule has 0 aromatic carbocycles. The number of hydrogen-bond acceptors (Lipinski definition) is 3. The van der Waals surface area contributed by atoms with Gasteiger partial charge in [-0.15, -0.1) is 0 Å². The van der Waals surface area contributed by atoms with E-state index >= 15 is 0 Å². The van der Waals surface area contributed by atoms with Crippen LogP contribution >= 0.6 is 0 Å². The standard InChI is InChI=1S/C15H30N2O/c1-13(2)17-10-6-14(7-11-17)15(18)12-16-8-4-3-5-9-16/h13-15,18H,3-12H2,1-2H3. The van der Waals surface area contributed by atoms with E-state index in [0.717, 1.165) is 6.54 Å². The molecule has 106 valence electrons. The smallest absolute Gasteiger partial charge is 0.0696 e. The molecule has 2 fully saturated rings. The van der Waals surface area contributed by atoms with Crippen LogP contribution in [-0.4, -0.2) is 59.8 Å². The molecule has 0 aliphatic carbocycles. The third-order valence-corrected chi connectivity index (χ3v) is 4.74. The van der Waals surface area contributed by atoms with E-state index in [1.54, 1.807) is 0 Å². The molecule has 0 aromatic rings. The summed E-state index contributed by atoms with van der Waals surface area (Å²) < 4.78 is 0. The third kappa shape index (κ3) is 3.94. The highest BCUT2D eigenvalue weighted by molar-refractivity contribution is 4.81. The molecule has 0 radical (unpaired) electrons. The third-order valence-electron chi connectivity index (χ3n) is 4.74. The van der Waals surface area contributed by atoms with Gasteiger partial charge in [0.1, 0.15) is 0 Å². The molecule has 2 aliphatic heterocycles. The Labute approximate surface area is 112 Å². The quantitative estimate of drug-likeness (QED) is 0.831. The van der Waals surface area contributed by atoms with Crippen LogP contribution in [0.4, 0.5) is 0 Å². The summed E-state index contributed by atoms with van der Waals surface area (Å²) in [6, 6.07) is 0.658. The van der Waals surface area contributed by atoms with Crippen molar-refractivity contribution in [3.05, 3.63) is 0 Å². The second kappa shape index (κ2) is 6.88. The van der Waals surface area contributed by atoms with Gasteiger partial charge in [0.2, 0.25) is 0 Å². The lowest BCUT2D eigenvalue weighted by molar-refractivity contribution is 0.0219. The zero-order valence-electron chi connectivity index (χ0n) is 12.1. The van der Waals surface area contributed by atoms with Crippen LogP contribution in [0.2, 0.25) is 0 Å². The van der Waals surface area contributed by atoms with Gasteiger partial charge in [-0.3, -0.25) is 0 Å². The second-order valence-electron chi connectivity index (χ2n) is 6.40. The summed E-state index contributed by atoms with van der Waals surface area (Å²) in [5.74, 6) is 0.530. The monoisotopic (exact) mass is 254 g/mol. The fraction of sp³-hybridized carbons (Fsp3) is 1.00. The Kier molecular flexibility index (Phi) is 5.46. The van der Waals surface area contributed by atoms with Crippen molar-refractivity contribution >= 4 is 0 Å². The molecule has 0 saturated carbocycles.